The van der Waals surface area contributed by atoms with E-state index < -0.39 is 0 Å². The third-order valence-electron chi connectivity index (χ3n) is 3.35. The maximum Gasteiger partial charge on any atom is 0.128 e. The van der Waals surface area contributed by atoms with E-state index in [9.17, 15) is 0 Å². The molecule has 0 saturated carbocycles. The second-order valence-corrected chi connectivity index (χ2v) is 5.24. The number of unbranched alkanes of at least 4 members (excludes halogenated alkanes) is 1. The number of hydrogen-bond donors (Lipinski definition) is 0. The van der Waals surface area contributed by atoms with Gasteiger partial charge in [-0.3, -0.25) is 9.88 Å². The van der Waals surface area contributed by atoms with Crippen molar-refractivity contribution in [1.82, 2.24) is 9.88 Å². The molecular weight excluding hydrogens is 260 g/mol. The lowest BCUT2D eigenvalue weighted by atomic mass is 10.1. The first kappa shape index (κ1) is 16.3. The van der Waals surface area contributed by atoms with Crippen molar-refractivity contribution in [3.8, 4) is 5.75 Å². The molecule has 0 bridgehead atoms. The van der Waals surface area contributed by atoms with Gasteiger partial charge in [0.05, 0.1) is 12.8 Å². The van der Waals surface area contributed by atoms with E-state index in [2.05, 4.69) is 23.7 Å². The average molecular weight is 285 g/mol. The number of alkyl halides is 1. The quantitative estimate of drug-likeness (QED) is 0.683. The second kappa shape index (κ2) is 8.39. The monoisotopic (exact) mass is 284 g/mol. The Kier molecular flexibility index (Phi) is 7.17. The van der Waals surface area contributed by atoms with Crippen molar-refractivity contribution in [1.29, 1.82) is 0 Å². The van der Waals surface area contributed by atoms with Crippen LogP contribution in [0.4, 0.5) is 0 Å². The highest BCUT2D eigenvalue weighted by atomic mass is 35.5. The highest BCUT2D eigenvalue weighted by Gasteiger charge is 2.12. The van der Waals surface area contributed by atoms with E-state index in [1.54, 1.807) is 7.11 Å². The zero-order chi connectivity index (χ0) is 14.3. The van der Waals surface area contributed by atoms with Crippen LogP contribution in [0.15, 0.2) is 6.20 Å². The van der Waals surface area contributed by atoms with Crippen molar-refractivity contribution in [3.63, 3.8) is 0 Å². The first-order valence-electron chi connectivity index (χ1n) is 6.91. The molecule has 0 unspecified atom stereocenters. The number of ether oxygens (including phenoxy) is 1. The molecule has 0 aliphatic rings. The number of nitrogens with zero attached hydrogens (tertiary/aromatic N) is 2. The summed E-state index contributed by atoms with van der Waals surface area (Å²) >= 11 is 5.88. The van der Waals surface area contributed by atoms with Gasteiger partial charge in [-0.15, -0.1) is 11.6 Å². The zero-order valence-corrected chi connectivity index (χ0v) is 13.3. The van der Waals surface area contributed by atoms with E-state index in [0.29, 0.717) is 5.88 Å². The minimum atomic E-state index is 0.658. The molecule has 0 spiro atoms. The summed E-state index contributed by atoms with van der Waals surface area (Å²) in [6, 6.07) is 0. The molecule has 1 aromatic rings. The molecule has 19 heavy (non-hydrogen) atoms. The SMILES string of the molecule is CCCCN(CCCl)Cc1ncc(C)c(OC)c1C. The summed E-state index contributed by atoms with van der Waals surface area (Å²) < 4.78 is 5.45. The van der Waals surface area contributed by atoms with Crippen LogP contribution in [0, 0.1) is 13.8 Å². The maximum absolute atomic E-state index is 5.88. The molecule has 0 N–H and O–H groups in total. The van der Waals surface area contributed by atoms with Crippen LogP contribution in [0.1, 0.15) is 36.6 Å². The van der Waals surface area contributed by atoms with Gasteiger partial charge >= 0.3 is 0 Å². The zero-order valence-electron chi connectivity index (χ0n) is 12.5. The molecule has 0 aliphatic carbocycles. The van der Waals surface area contributed by atoms with Crippen molar-refractivity contribution in [3.05, 3.63) is 23.0 Å². The van der Waals surface area contributed by atoms with Gasteiger partial charge in [0.2, 0.25) is 0 Å². The molecule has 108 valence electrons. The van der Waals surface area contributed by atoms with Crippen LogP contribution >= 0.6 is 11.6 Å². The minimum Gasteiger partial charge on any atom is -0.496 e. The molecule has 0 amide bonds. The van der Waals surface area contributed by atoms with Crippen LogP contribution < -0.4 is 4.74 Å². The standard InChI is InChI=1S/C15H25ClN2O/c1-5-6-8-18(9-7-16)11-14-13(3)15(19-4)12(2)10-17-14/h10H,5-9,11H2,1-4H3. The largest absolute Gasteiger partial charge is 0.496 e. The van der Waals surface area contributed by atoms with Crippen molar-refractivity contribution in [2.45, 2.75) is 40.2 Å². The summed E-state index contributed by atoms with van der Waals surface area (Å²) in [6.07, 6.45) is 4.28. The first-order valence-corrected chi connectivity index (χ1v) is 7.44. The average Bonchev–Trinajstić information content (AvgIpc) is 2.40. The van der Waals surface area contributed by atoms with E-state index in [1.165, 1.54) is 12.8 Å². The van der Waals surface area contributed by atoms with Crippen LogP contribution in [0.3, 0.4) is 0 Å². The lowest BCUT2D eigenvalue weighted by Crippen LogP contribution is -2.27. The number of aryl methyl sites for hydroxylation is 1. The molecule has 0 saturated heterocycles. The third-order valence-corrected chi connectivity index (χ3v) is 3.52. The van der Waals surface area contributed by atoms with Gasteiger partial charge in [0.1, 0.15) is 5.75 Å². The molecule has 1 heterocycles. The van der Waals surface area contributed by atoms with Gasteiger partial charge in [0.15, 0.2) is 0 Å². The fraction of sp³-hybridized carbons (Fsp3) is 0.667. The van der Waals surface area contributed by atoms with Crippen molar-refractivity contribution in [2.75, 3.05) is 26.1 Å². The third kappa shape index (κ3) is 4.66. The molecular formula is C15H25ClN2O. The van der Waals surface area contributed by atoms with E-state index in [-0.39, 0.29) is 0 Å². The molecule has 4 heteroatoms. The Bertz CT molecular complexity index is 396. The van der Waals surface area contributed by atoms with Gasteiger partial charge in [-0.25, -0.2) is 0 Å². The van der Waals surface area contributed by atoms with Gasteiger partial charge in [0, 0.05) is 36.3 Å². The van der Waals surface area contributed by atoms with Gasteiger partial charge in [-0.05, 0) is 26.8 Å². The van der Waals surface area contributed by atoms with Gasteiger partial charge in [0.25, 0.3) is 0 Å². The van der Waals surface area contributed by atoms with Gasteiger partial charge < -0.3 is 4.74 Å². The first-order chi connectivity index (χ1) is 9.13. The summed E-state index contributed by atoms with van der Waals surface area (Å²) in [5.41, 5.74) is 3.31. The summed E-state index contributed by atoms with van der Waals surface area (Å²) in [4.78, 5) is 6.91. The number of halogens is 1. The van der Waals surface area contributed by atoms with E-state index >= 15 is 0 Å². The minimum absolute atomic E-state index is 0.658. The predicted octanol–water partition coefficient (Wildman–Crippen LogP) is 3.55. The topological polar surface area (TPSA) is 25.4 Å². The van der Waals surface area contributed by atoms with Crippen LogP contribution in [-0.4, -0.2) is 36.0 Å². The number of rotatable bonds is 8. The van der Waals surface area contributed by atoms with E-state index in [1.807, 2.05) is 13.1 Å². The van der Waals surface area contributed by atoms with Crippen molar-refractivity contribution >= 4 is 11.6 Å². The molecule has 0 aliphatic heterocycles. The van der Waals surface area contributed by atoms with Crippen LogP contribution in [0.25, 0.3) is 0 Å². The summed E-state index contributed by atoms with van der Waals surface area (Å²) in [7, 11) is 1.72. The van der Waals surface area contributed by atoms with E-state index in [4.69, 9.17) is 16.3 Å². The normalized spacial score (nSPS) is 11.1. The highest BCUT2D eigenvalue weighted by Crippen LogP contribution is 2.24. The second-order valence-electron chi connectivity index (χ2n) is 4.86. The van der Waals surface area contributed by atoms with Crippen LogP contribution in [0.5, 0.6) is 5.75 Å². The fourth-order valence-electron chi connectivity index (χ4n) is 2.21. The van der Waals surface area contributed by atoms with Crippen molar-refractivity contribution < 1.29 is 4.74 Å². The Hall–Kier alpha value is -0.800. The molecule has 1 aromatic heterocycles. The molecule has 0 atom stereocenters. The highest BCUT2D eigenvalue weighted by molar-refractivity contribution is 6.18. The molecule has 0 aromatic carbocycles. The van der Waals surface area contributed by atoms with Crippen LogP contribution in [-0.2, 0) is 6.54 Å². The lowest BCUT2D eigenvalue weighted by Gasteiger charge is -2.22. The summed E-state index contributed by atoms with van der Waals surface area (Å²) in [5.74, 6) is 1.61. The number of hydrogen-bond acceptors (Lipinski definition) is 3. The Morgan fingerprint density at radius 3 is 2.63 bits per heavy atom. The Labute approximate surface area is 121 Å². The number of aromatic nitrogens is 1. The number of methoxy groups -OCH3 is 1. The Morgan fingerprint density at radius 2 is 2.05 bits per heavy atom. The molecule has 0 fully saturated rings. The summed E-state index contributed by atoms with van der Waals surface area (Å²) in [6.45, 7) is 9.12. The molecule has 3 nitrogen and oxygen atoms in total. The van der Waals surface area contributed by atoms with Crippen molar-refractivity contribution in [2.24, 2.45) is 0 Å². The van der Waals surface area contributed by atoms with Gasteiger partial charge in [-0.1, -0.05) is 13.3 Å². The lowest BCUT2D eigenvalue weighted by molar-refractivity contribution is 0.272. The maximum atomic E-state index is 5.88. The molecule has 0 radical (unpaired) electrons. The smallest absolute Gasteiger partial charge is 0.128 e. The Balaban J connectivity index is 2.83. The predicted molar refractivity (Wildman–Crippen MR) is 81.2 cm³/mol. The van der Waals surface area contributed by atoms with E-state index in [0.717, 1.165) is 42.2 Å². The summed E-state index contributed by atoms with van der Waals surface area (Å²) in [5, 5.41) is 0. The Morgan fingerprint density at radius 1 is 1.32 bits per heavy atom. The fourth-order valence-corrected chi connectivity index (χ4v) is 2.45. The van der Waals surface area contributed by atoms with Gasteiger partial charge in [-0.2, -0.15) is 0 Å². The van der Waals surface area contributed by atoms with Crippen LogP contribution in [0.2, 0.25) is 0 Å². The number of pyridine rings is 1. The molecule has 1 rings (SSSR count).